The van der Waals surface area contributed by atoms with Crippen LogP contribution in [-0.2, 0) is 18.3 Å². The topological polar surface area (TPSA) is 55.5 Å². The van der Waals surface area contributed by atoms with E-state index in [1.807, 2.05) is 7.05 Å². The summed E-state index contributed by atoms with van der Waals surface area (Å²) < 4.78 is 0. The van der Waals surface area contributed by atoms with Gasteiger partial charge < -0.3 is 9.74 Å². The molecule has 3 aliphatic rings. The van der Waals surface area contributed by atoms with Crippen molar-refractivity contribution in [1.29, 1.82) is 0 Å². The van der Waals surface area contributed by atoms with Crippen molar-refractivity contribution in [2.24, 2.45) is 23.5 Å². The average molecular weight is 444 g/mol. The van der Waals surface area contributed by atoms with Crippen molar-refractivity contribution in [1.82, 2.24) is 19.9 Å². The first kappa shape index (κ1) is 20.8. The first-order chi connectivity index (χ1) is 16.0. The maximum atomic E-state index is 6.27. The van der Waals surface area contributed by atoms with Crippen LogP contribution < -0.4 is 5.36 Å². The predicted octanol–water partition coefficient (Wildman–Crippen LogP) is 4.29. The SMILES string of the molecule is CN(C)CC1(CO/N=c2/c3c(c4nn(C)nc4c4ccccc24)C2CC2C=CC3)CCCC1. The number of benzene rings is 1. The van der Waals surface area contributed by atoms with E-state index in [9.17, 15) is 0 Å². The Balaban J connectivity index is 1.55. The van der Waals surface area contributed by atoms with E-state index < -0.39 is 0 Å². The van der Waals surface area contributed by atoms with Crippen LogP contribution >= 0.6 is 0 Å². The first-order valence-electron chi connectivity index (χ1n) is 12.3. The van der Waals surface area contributed by atoms with Gasteiger partial charge in [-0.2, -0.15) is 15.0 Å². The van der Waals surface area contributed by atoms with Gasteiger partial charge in [0.25, 0.3) is 0 Å². The average Bonchev–Trinajstić information content (AvgIpc) is 3.30. The third-order valence-corrected chi connectivity index (χ3v) is 7.78. The molecule has 6 nitrogen and oxygen atoms in total. The normalized spacial score (nSPS) is 23.7. The van der Waals surface area contributed by atoms with Crippen LogP contribution in [0, 0.1) is 11.3 Å². The highest BCUT2D eigenvalue weighted by molar-refractivity contribution is 6.04. The van der Waals surface area contributed by atoms with E-state index in [2.05, 4.69) is 55.4 Å². The summed E-state index contributed by atoms with van der Waals surface area (Å²) in [5.74, 6) is 1.11. The van der Waals surface area contributed by atoms with Gasteiger partial charge in [-0.1, -0.05) is 54.4 Å². The number of rotatable bonds is 5. The van der Waals surface area contributed by atoms with E-state index in [1.54, 1.807) is 4.80 Å². The minimum atomic E-state index is 0.202. The van der Waals surface area contributed by atoms with Crippen LogP contribution in [0.15, 0.2) is 41.6 Å². The third kappa shape index (κ3) is 3.65. The number of fused-ring (bicyclic) bond motifs is 7. The predicted molar refractivity (Wildman–Crippen MR) is 131 cm³/mol. The Hall–Kier alpha value is -2.73. The number of aryl methyl sites for hydroxylation is 1. The first-order valence-corrected chi connectivity index (χ1v) is 12.3. The van der Waals surface area contributed by atoms with E-state index in [-0.39, 0.29) is 5.41 Å². The van der Waals surface area contributed by atoms with Crippen molar-refractivity contribution in [2.45, 2.75) is 44.4 Å². The molecule has 6 heteroatoms. The molecule has 2 atom stereocenters. The number of hydrogen-bond donors (Lipinski definition) is 0. The van der Waals surface area contributed by atoms with Gasteiger partial charge in [-0.3, -0.25) is 0 Å². The van der Waals surface area contributed by atoms with Gasteiger partial charge in [0.2, 0.25) is 0 Å². The highest BCUT2D eigenvalue weighted by Gasteiger charge is 2.41. The molecule has 6 rings (SSSR count). The van der Waals surface area contributed by atoms with E-state index in [0.717, 1.165) is 40.1 Å². The lowest BCUT2D eigenvalue weighted by Gasteiger charge is -2.30. The summed E-state index contributed by atoms with van der Waals surface area (Å²) in [6.45, 7) is 1.72. The Morgan fingerprint density at radius 1 is 1.12 bits per heavy atom. The smallest absolute Gasteiger partial charge is 0.124 e. The maximum Gasteiger partial charge on any atom is 0.124 e. The fourth-order valence-corrected chi connectivity index (χ4v) is 6.31. The van der Waals surface area contributed by atoms with Gasteiger partial charge in [0.05, 0.1) is 0 Å². The third-order valence-electron chi connectivity index (χ3n) is 7.78. The Kier molecular flexibility index (Phi) is 5.02. The summed E-state index contributed by atoms with van der Waals surface area (Å²) >= 11 is 0. The van der Waals surface area contributed by atoms with Crippen LogP contribution in [0.5, 0.6) is 0 Å². The summed E-state index contributed by atoms with van der Waals surface area (Å²) in [6, 6.07) is 8.48. The van der Waals surface area contributed by atoms with Gasteiger partial charge >= 0.3 is 0 Å². The van der Waals surface area contributed by atoms with Crippen LogP contribution in [0.25, 0.3) is 21.8 Å². The van der Waals surface area contributed by atoms with E-state index >= 15 is 0 Å². The molecule has 0 saturated heterocycles. The van der Waals surface area contributed by atoms with Crippen LogP contribution in [0.3, 0.4) is 0 Å². The molecular weight excluding hydrogens is 410 g/mol. The highest BCUT2D eigenvalue weighted by atomic mass is 16.6. The fraction of sp³-hybridized carbons (Fsp3) is 0.519. The molecular formula is C27H33N5O. The quantitative estimate of drug-likeness (QED) is 0.436. The monoisotopic (exact) mass is 443 g/mol. The number of nitrogens with zero attached hydrogens (tertiary/aromatic N) is 5. The summed E-state index contributed by atoms with van der Waals surface area (Å²) in [7, 11) is 6.23. The Morgan fingerprint density at radius 3 is 2.67 bits per heavy atom. The van der Waals surface area contributed by atoms with E-state index in [4.69, 9.17) is 20.2 Å². The minimum absolute atomic E-state index is 0.202. The Bertz CT molecular complexity index is 1320. The molecule has 3 aromatic rings. The molecule has 0 amide bonds. The summed E-state index contributed by atoms with van der Waals surface area (Å²) in [5, 5.41) is 17.7. The molecule has 0 spiro atoms. The summed E-state index contributed by atoms with van der Waals surface area (Å²) in [4.78, 5) is 10.3. The number of hydrogen-bond acceptors (Lipinski definition) is 5. The second-order valence-electron chi connectivity index (χ2n) is 10.6. The van der Waals surface area contributed by atoms with Crippen LogP contribution in [0.4, 0.5) is 0 Å². The summed E-state index contributed by atoms with van der Waals surface area (Å²) in [5.41, 5.74) is 4.79. The molecule has 33 heavy (non-hydrogen) atoms. The minimum Gasteiger partial charge on any atom is -0.395 e. The molecule has 0 N–H and O–H groups in total. The fourth-order valence-electron chi connectivity index (χ4n) is 6.31. The molecule has 3 aliphatic carbocycles. The second-order valence-corrected chi connectivity index (χ2v) is 10.6. The highest BCUT2D eigenvalue weighted by Crippen LogP contribution is 2.52. The van der Waals surface area contributed by atoms with Crippen molar-refractivity contribution in [3.8, 4) is 0 Å². The maximum absolute atomic E-state index is 6.27. The molecule has 1 heterocycles. The van der Waals surface area contributed by atoms with Crippen molar-refractivity contribution >= 4 is 21.8 Å². The molecule has 2 unspecified atom stereocenters. The second kappa shape index (κ2) is 7.94. The standard InChI is InChI=1S/C27H33N5O/c1-31(2)16-27(13-6-7-14-27)17-33-30-24-19-10-4-5-11-20(19)25-26(29-32(3)28-25)23-21(24)12-8-9-18-15-22(18)23/h4-5,8-11,18,22H,6-7,12-17H2,1-3H3/b30-24+. The summed E-state index contributed by atoms with van der Waals surface area (Å²) in [6.07, 6.45) is 11.7. The van der Waals surface area contributed by atoms with Gasteiger partial charge in [-0.15, -0.1) is 0 Å². The zero-order chi connectivity index (χ0) is 22.6. The Labute approximate surface area is 194 Å². The van der Waals surface area contributed by atoms with Crippen molar-refractivity contribution in [3.63, 3.8) is 0 Å². The number of aromatic nitrogens is 3. The van der Waals surface area contributed by atoms with E-state index in [0.29, 0.717) is 18.4 Å². The van der Waals surface area contributed by atoms with Crippen LogP contribution in [0.2, 0.25) is 0 Å². The lowest BCUT2D eigenvalue weighted by Crippen LogP contribution is -2.35. The van der Waals surface area contributed by atoms with E-state index in [1.165, 1.54) is 43.2 Å². The van der Waals surface area contributed by atoms with Gasteiger partial charge in [0.15, 0.2) is 0 Å². The molecule has 172 valence electrons. The molecule has 1 aromatic heterocycles. The Morgan fingerprint density at radius 2 is 1.88 bits per heavy atom. The lowest BCUT2D eigenvalue weighted by molar-refractivity contribution is 0.0293. The van der Waals surface area contributed by atoms with Crippen molar-refractivity contribution in [2.75, 3.05) is 27.2 Å². The molecule has 0 radical (unpaired) electrons. The van der Waals surface area contributed by atoms with Gasteiger partial charge in [-0.25, -0.2) is 0 Å². The number of allylic oxidation sites excluding steroid dienone is 2. The lowest BCUT2D eigenvalue weighted by atomic mass is 9.87. The molecule has 2 saturated carbocycles. The van der Waals surface area contributed by atoms with Gasteiger partial charge in [-0.05, 0) is 62.7 Å². The van der Waals surface area contributed by atoms with Crippen molar-refractivity contribution < 1.29 is 4.84 Å². The molecule has 0 aliphatic heterocycles. The zero-order valence-electron chi connectivity index (χ0n) is 19.9. The molecule has 0 bridgehead atoms. The molecule has 2 aromatic carbocycles. The van der Waals surface area contributed by atoms with Crippen LogP contribution in [-0.4, -0.2) is 47.1 Å². The molecule has 2 fully saturated rings. The van der Waals surface area contributed by atoms with Gasteiger partial charge in [0, 0.05) is 29.8 Å². The largest absolute Gasteiger partial charge is 0.395 e. The zero-order valence-corrected chi connectivity index (χ0v) is 19.9. The van der Waals surface area contributed by atoms with Gasteiger partial charge in [0.1, 0.15) is 23.0 Å². The van der Waals surface area contributed by atoms with Crippen LogP contribution in [0.1, 0.15) is 49.1 Å². The van der Waals surface area contributed by atoms with Crippen molar-refractivity contribution in [3.05, 3.63) is 52.9 Å².